The molecule has 1 atom stereocenters. The number of carbonyl (C=O) groups is 3. The molecule has 4 aliphatic heterocycles. The largest absolute Gasteiger partial charge is 0.397 e. The van der Waals surface area contributed by atoms with Crippen LogP contribution in [0, 0.1) is 12.8 Å². The van der Waals surface area contributed by atoms with Crippen molar-refractivity contribution in [3.63, 3.8) is 0 Å². The molecule has 2 aromatic rings. The van der Waals surface area contributed by atoms with E-state index in [9.17, 15) is 14.4 Å². The molecule has 12 heteroatoms. The van der Waals surface area contributed by atoms with Crippen molar-refractivity contribution in [3.8, 4) is 0 Å². The van der Waals surface area contributed by atoms with Crippen molar-refractivity contribution < 1.29 is 14.4 Å². The zero-order valence-electron chi connectivity index (χ0n) is 26.5. The third-order valence-corrected chi connectivity index (χ3v) is 11.5. The summed E-state index contributed by atoms with van der Waals surface area (Å²) in [6.07, 6.45) is 3.99. The predicted molar refractivity (Wildman–Crippen MR) is 180 cm³/mol. The molecule has 0 radical (unpaired) electrons. The van der Waals surface area contributed by atoms with E-state index in [4.69, 9.17) is 17.3 Å². The Labute approximate surface area is 275 Å². The molecule has 1 aromatic carbocycles. The van der Waals surface area contributed by atoms with Crippen molar-refractivity contribution in [2.45, 2.75) is 64.1 Å². The lowest BCUT2D eigenvalue weighted by Gasteiger charge is -2.42. The number of anilines is 2. The number of amides is 4. The Kier molecular flexibility index (Phi) is 9.89. The number of halogens is 1. The van der Waals surface area contributed by atoms with Crippen molar-refractivity contribution in [1.82, 2.24) is 24.5 Å². The Morgan fingerprint density at radius 3 is 2.36 bits per heavy atom. The Morgan fingerprint density at radius 1 is 1.00 bits per heavy atom. The van der Waals surface area contributed by atoms with Gasteiger partial charge in [-0.1, -0.05) is 17.7 Å². The number of rotatable bonds is 7. The van der Waals surface area contributed by atoms with Gasteiger partial charge >= 0.3 is 6.03 Å². The second kappa shape index (κ2) is 13.9. The van der Waals surface area contributed by atoms with Crippen LogP contribution in [0.3, 0.4) is 0 Å². The molecule has 10 nitrogen and oxygen atoms in total. The van der Waals surface area contributed by atoms with E-state index in [1.807, 2.05) is 45.2 Å². The molecule has 3 N–H and O–H groups in total. The van der Waals surface area contributed by atoms with Crippen molar-refractivity contribution in [1.29, 1.82) is 0 Å². The average molecular weight is 656 g/mol. The number of piperidine rings is 2. The molecule has 244 valence electrons. The fourth-order valence-electron chi connectivity index (χ4n) is 7.42. The van der Waals surface area contributed by atoms with Gasteiger partial charge in [0.15, 0.2) is 0 Å². The predicted octanol–water partition coefficient (Wildman–Crippen LogP) is 4.12. The van der Waals surface area contributed by atoms with Gasteiger partial charge in [-0.05, 0) is 74.7 Å². The Hall–Kier alpha value is -2.86. The van der Waals surface area contributed by atoms with E-state index in [0.29, 0.717) is 42.8 Å². The number of carbonyl (C=O) groups excluding carboxylic acids is 3. The van der Waals surface area contributed by atoms with Gasteiger partial charge in [0.1, 0.15) is 0 Å². The number of piperazine rings is 1. The lowest BCUT2D eigenvalue weighted by molar-refractivity contribution is -0.143. The first-order valence-electron chi connectivity index (χ1n) is 16.3. The summed E-state index contributed by atoms with van der Waals surface area (Å²) in [6, 6.07) is 6.30. The summed E-state index contributed by atoms with van der Waals surface area (Å²) >= 11 is 8.09. The maximum atomic E-state index is 14.1. The molecule has 0 bridgehead atoms. The zero-order valence-corrected chi connectivity index (χ0v) is 28.0. The van der Waals surface area contributed by atoms with E-state index >= 15 is 0 Å². The topological polar surface area (TPSA) is 105 Å². The number of aryl methyl sites for hydroxylation is 1. The van der Waals surface area contributed by atoms with Crippen molar-refractivity contribution in [2.24, 2.45) is 5.92 Å². The van der Waals surface area contributed by atoms with Crippen LogP contribution in [0.15, 0.2) is 23.6 Å². The molecule has 0 saturated carbocycles. The monoisotopic (exact) mass is 655 g/mol. The van der Waals surface area contributed by atoms with Crippen LogP contribution >= 0.6 is 22.9 Å². The van der Waals surface area contributed by atoms with E-state index in [0.717, 1.165) is 81.8 Å². The molecule has 5 heterocycles. The van der Waals surface area contributed by atoms with Crippen LogP contribution in [0.2, 0.25) is 5.02 Å². The molecule has 3 saturated heterocycles. The third kappa shape index (κ3) is 7.26. The quantitative estimate of drug-likeness (QED) is 0.435. The number of benzene rings is 1. The first kappa shape index (κ1) is 32.1. The minimum Gasteiger partial charge on any atom is -0.397 e. The minimum atomic E-state index is -0.473. The molecule has 6 rings (SSSR count). The Morgan fingerprint density at radius 2 is 1.67 bits per heavy atom. The van der Waals surface area contributed by atoms with Crippen LogP contribution in [0.4, 0.5) is 16.2 Å². The van der Waals surface area contributed by atoms with Crippen molar-refractivity contribution in [2.75, 3.05) is 70.5 Å². The number of likely N-dealkylation sites (tertiary alicyclic amines) is 2. The number of likely N-dealkylation sites (N-methyl/N-ethyl adjacent to an activating group) is 1. The van der Waals surface area contributed by atoms with Crippen LogP contribution in [0.25, 0.3) is 0 Å². The fourth-order valence-corrected chi connectivity index (χ4v) is 8.54. The van der Waals surface area contributed by atoms with Gasteiger partial charge in [0.2, 0.25) is 11.8 Å². The second-order valence-corrected chi connectivity index (χ2v) is 14.6. The van der Waals surface area contributed by atoms with Crippen LogP contribution in [0.1, 0.15) is 48.1 Å². The van der Waals surface area contributed by atoms with E-state index in [-0.39, 0.29) is 30.3 Å². The van der Waals surface area contributed by atoms with E-state index in [2.05, 4.69) is 22.2 Å². The highest BCUT2D eigenvalue weighted by Crippen LogP contribution is 2.32. The molecule has 0 aliphatic carbocycles. The number of nitrogen functional groups attached to an aromatic ring is 1. The number of nitrogens with one attached hydrogen (secondary N) is 1. The molecule has 4 amide bonds. The molecule has 45 heavy (non-hydrogen) atoms. The van der Waals surface area contributed by atoms with Crippen molar-refractivity contribution >= 4 is 52.2 Å². The normalized spacial score (nSPS) is 21.5. The highest BCUT2D eigenvalue weighted by molar-refractivity contribution is 7.10. The molecular formula is C33H46ClN7O3S. The number of hydrogen-bond donors (Lipinski definition) is 2. The number of hydrogen-bond acceptors (Lipinski definition) is 7. The highest BCUT2D eigenvalue weighted by Gasteiger charge is 2.36. The summed E-state index contributed by atoms with van der Waals surface area (Å²) in [5.74, 6) is -0.418. The average Bonchev–Trinajstić information content (AvgIpc) is 3.50. The maximum Gasteiger partial charge on any atom is 0.322 e. The van der Waals surface area contributed by atoms with Gasteiger partial charge in [-0.15, -0.1) is 11.3 Å². The van der Waals surface area contributed by atoms with E-state index < -0.39 is 5.92 Å². The number of nitrogens with two attached hydrogens (primary N) is 1. The fraction of sp³-hybridized carbons (Fsp3) is 0.606. The van der Waals surface area contributed by atoms with Crippen LogP contribution in [-0.2, 0) is 22.6 Å². The number of thiophene rings is 1. The smallest absolute Gasteiger partial charge is 0.322 e. The van der Waals surface area contributed by atoms with Gasteiger partial charge < -0.3 is 30.7 Å². The van der Waals surface area contributed by atoms with Gasteiger partial charge in [-0.2, -0.15) is 0 Å². The molecule has 0 spiro atoms. The molecule has 3 fully saturated rings. The van der Waals surface area contributed by atoms with Gasteiger partial charge in [-0.3, -0.25) is 14.5 Å². The summed E-state index contributed by atoms with van der Waals surface area (Å²) in [5.41, 5.74) is 9.36. The van der Waals surface area contributed by atoms with Gasteiger partial charge in [0.25, 0.3) is 0 Å². The number of nitrogens with zero attached hydrogens (tertiary/aromatic N) is 5. The molecule has 1 aromatic heterocycles. The summed E-state index contributed by atoms with van der Waals surface area (Å²) in [7, 11) is 2.17. The summed E-state index contributed by atoms with van der Waals surface area (Å²) in [6.45, 7) is 9.47. The summed E-state index contributed by atoms with van der Waals surface area (Å²) in [5, 5.41) is 5.48. The van der Waals surface area contributed by atoms with E-state index in [1.54, 1.807) is 11.3 Å². The lowest BCUT2D eigenvalue weighted by atomic mass is 9.91. The summed E-state index contributed by atoms with van der Waals surface area (Å²) < 4.78 is 0. The first-order valence-corrected chi connectivity index (χ1v) is 17.6. The minimum absolute atomic E-state index is 0.000949. The highest BCUT2D eigenvalue weighted by atomic mass is 35.5. The van der Waals surface area contributed by atoms with Gasteiger partial charge in [0, 0.05) is 75.7 Å². The van der Waals surface area contributed by atoms with Gasteiger partial charge in [0.05, 0.1) is 28.9 Å². The standard InChI is InChI=1S/C33H46ClN7O3S/c1-22-17-23(19-27(34)31(22)35)18-24(32(43)40-10-3-25(4-11-40)38-14-12-37(2)13-15-38)20-30(42)39-8-5-26(6-9-39)41-21-29-28(7-16-45-29)36-33(41)44/h7,16-17,19,24-26H,3-6,8-15,18,20-21,35H2,1-2H3,(H,36,44)/t24-/m0/s1. The lowest BCUT2D eigenvalue weighted by Crippen LogP contribution is -2.54. The number of fused-ring (bicyclic) bond motifs is 1. The number of urea groups is 1. The second-order valence-electron chi connectivity index (χ2n) is 13.2. The molecule has 4 aliphatic rings. The Bertz CT molecular complexity index is 1370. The summed E-state index contributed by atoms with van der Waals surface area (Å²) in [4.78, 5) is 52.5. The van der Waals surface area contributed by atoms with Crippen LogP contribution < -0.4 is 11.1 Å². The molecular weight excluding hydrogens is 610 g/mol. The maximum absolute atomic E-state index is 14.1. The van der Waals surface area contributed by atoms with Crippen LogP contribution in [-0.4, -0.2) is 114 Å². The van der Waals surface area contributed by atoms with Crippen molar-refractivity contribution in [3.05, 3.63) is 44.6 Å². The van der Waals surface area contributed by atoms with Crippen LogP contribution in [0.5, 0.6) is 0 Å². The molecule has 0 unspecified atom stereocenters. The van der Waals surface area contributed by atoms with Gasteiger partial charge in [-0.25, -0.2) is 4.79 Å². The van der Waals surface area contributed by atoms with E-state index in [1.165, 1.54) is 4.88 Å². The SMILES string of the molecule is Cc1cc(C[C@@H](CC(=O)N2CCC(N3Cc4sccc4NC3=O)CC2)C(=O)N2CCC(N3CCN(C)CC3)CC2)cc(Cl)c1N. The zero-order chi connectivity index (χ0) is 31.7. The first-order chi connectivity index (χ1) is 21.7. The third-order valence-electron chi connectivity index (χ3n) is 10.3. The Balaban J connectivity index is 1.09.